The maximum atomic E-state index is 4.30. The first kappa shape index (κ1) is 16.6. The van der Waals surface area contributed by atoms with Crippen molar-refractivity contribution in [1.29, 1.82) is 0 Å². The van der Waals surface area contributed by atoms with Crippen molar-refractivity contribution in [3.05, 3.63) is 77.9 Å². The lowest BCUT2D eigenvalue weighted by atomic mass is 9.99. The van der Waals surface area contributed by atoms with E-state index in [0.29, 0.717) is 0 Å². The maximum absolute atomic E-state index is 4.30. The van der Waals surface area contributed by atoms with E-state index in [0.717, 1.165) is 23.3 Å². The molecule has 1 N–H and O–H groups in total. The third-order valence-electron chi connectivity index (χ3n) is 5.01. The molecule has 124 valence electrons. The van der Waals surface area contributed by atoms with Gasteiger partial charge < -0.3 is 5.32 Å². The Balaban J connectivity index is 1.82. The Morgan fingerprint density at radius 2 is 1.58 bits per heavy atom. The van der Waals surface area contributed by atoms with Gasteiger partial charge in [-0.1, -0.05) is 63.8 Å². The van der Waals surface area contributed by atoms with Crippen molar-refractivity contribution in [3.8, 4) is 0 Å². The first-order valence-electron chi connectivity index (χ1n) is 9.01. The second-order valence-electron chi connectivity index (χ2n) is 6.61. The van der Waals surface area contributed by atoms with Gasteiger partial charge in [-0.25, -0.2) is 0 Å². The monoisotopic (exact) mass is 317 g/mol. The molecular formula is C23H27N. The van der Waals surface area contributed by atoms with E-state index in [9.17, 15) is 0 Å². The average Bonchev–Trinajstić information content (AvgIpc) is 2.86. The molecule has 0 unspecified atom stereocenters. The van der Waals surface area contributed by atoms with Gasteiger partial charge in [0.15, 0.2) is 0 Å². The minimum absolute atomic E-state index is 0.0913. The van der Waals surface area contributed by atoms with Gasteiger partial charge in [0.25, 0.3) is 0 Å². The Kier molecular flexibility index (Phi) is 4.89. The molecule has 3 rings (SSSR count). The Morgan fingerprint density at radius 1 is 0.917 bits per heavy atom. The zero-order valence-electron chi connectivity index (χ0n) is 14.9. The second-order valence-corrected chi connectivity index (χ2v) is 6.61. The van der Waals surface area contributed by atoms with Crippen LogP contribution in [0.3, 0.4) is 0 Å². The van der Waals surface area contributed by atoms with Gasteiger partial charge in [0, 0.05) is 5.69 Å². The smallest absolute Gasteiger partial charge is 0.0768 e. The molecule has 0 saturated carbocycles. The van der Waals surface area contributed by atoms with Gasteiger partial charge in [-0.15, -0.1) is 0 Å². The van der Waals surface area contributed by atoms with Gasteiger partial charge in [-0.2, -0.15) is 0 Å². The number of benzene rings is 2. The maximum Gasteiger partial charge on any atom is 0.0768 e. The van der Waals surface area contributed by atoms with Crippen molar-refractivity contribution in [2.45, 2.75) is 45.6 Å². The van der Waals surface area contributed by atoms with Gasteiger partial charge in [0.2, 0.25) is 0 Å². The summed E-state index contributed by atoms with van der Waals surface area (Å²) in [5, 5.41) is 3.65. The molecule has 0 radical (unpaired) electrons. The van der Waals surface area contributed by atoms with Crippen LogP contribution < -0.4 is 5.32 Å². The first-order valence-corrected chi connectivity index (χ1v) is 9.01. The van der Waals surface area contributed by atoms with E-state index in [1.807, 2.05) is 0 Å². The Hall–Kier alpha value is -2.28. The first-order chi connectivity index (χ1) is 11.7. The van der Waals surface area contributed by atoms with Crippen molar-refractivity contribution in [3.63, 3.8) is 0 Å². The predicted octanol–water partition coefficient (Wildman–Crippen LogP) is 6.11. The van der Waals surface area contributed by atoms with Crippen LogP contribution >= 0.6 is 0 Å². The molecule has 0 amide bonds. The van der Waals surface area contributed by atoms with E-state index in [1.165, 1.54) is 41.5 Å². The molecular weight excluding hydrogens is 290 g/mol. The molecule has 0 bridgehead atoms. The highest BCUT2D eigenvalue weighted by molar-refractivity contribution is 5.98. The van der Waals surface area contributed by atoms with Crippen LogP contribution in [0, 0.1) is 0 Å². The minimum atomic E-state index is 0.0913. The number of hydrogen-bond donors (Lipinski definition) is 1. The second kappa shape index (κ2) is 7.09. The molecule has 0 atom stereocenters. The summed E-state index contributed by atoms with van der Waals surface area (Å²) in [7, 11) is 0. The molecule has 1 aliphatic rings. The van der Waals surface area contributed by atoms with Crippen molar-refractivity contribution in [2.75, 3.05) is 5.32 Å². The van der Waals surface area contributed by atoms with E-state index in [1.54, 1.807) is 0 Å². The Labute approximate surface area is 146 Å². The fourth-order valence-electron chi connectivity index (χ4n) is 3.56. The average molecular weight is 317 g/mol. The molecule has 0 aromatic heterocycles. The van der Waals surface area contributed by atoms with Crippen LogP contribution in [0.5, 0.6) is 0 Å². The van der Waals surface area contributed by atoms with Crippen LogP contribution in [0.15, 0.2) is 55.6 Å². The van der Waals surface area contributed by atoms with Gasteiger partial charge in [-0.05, 0) is 64.8 Å². The highest BCUT2D eigenvalue weighted by Gasteiger charge is 2.28. The minimum Gasteiger partial charge on any atom is -0.374 e. The van der Waals surface area contributed by atoms with Crippen molar-refractivity contribution in [1.82, 2.24) is 0 Å². The largest absolute Gasteiger partial charge is 0.374 e. The topological polar surface area (TPSA) is 12.0 Å². The lowest BCUT2D eigenvalue weighted by Crippen LogP contribution is -2.17. The van der Waals surface area contributed by atoms with E-state index in [-0.39, 0.29) is 6.04 Å². The number of unbranched alkanes of at least 4 members (excludes halogenated alkanes) is 1. The van der Waals surface area contributed by atoms with Crippen molar-refractivity contribution < 1.29 is 0 Å². The highest BCUT2D eigenvalue weighted by atomic mass is 14.9. The fourth-order valence-corrected chi connectivity index (χ4v) is 3.56. The van der Waals surface area contributed by atoms with Crippen LogP contribution in [-0.4, -0.2) is 6.04 Å². The molecule has 2 aromatic carbocycles. The van der Waals surface area contributed by atoms with Crippen LogP contribution in [0.25, 0.3) is 11.1 Å². The Bertz CT molecular complexity index is 734. The summed E-state index contributed by atoms with van der Waals surface area (Å²) in [4.78, 5) is 0. The summed E-state index contributed by atoms with van der Waals surface area (Å²) in [6.07, 6.45) is 4.74. The molecule has 0 aliphatic heterocycles. The van der Waals surface area contributed by atoms with Crippen molar-refractivity contribution >= 4 is 16.8 Å². The highest BCUT2D eigenvalue weighted by Crippen LogP contribution is 2.40. The number of anilines is 1. The number of rotatable bonds is 6. The predicted molar refractivity (Wildman–Crippen MR) is 106 cm³/mol. The third kappa shape index (κ3) is 3.03. The van der Waals surface area contributed by atoms with Gasteiger partial charge in [0.05, 0.1) is 6.04 Å². The molecule has 1 heteroatoms. The summed E-state index contributed by atoms with van der Waals surface area (Å²) in [5.41, 5.74) is 8.75. The van der Waals surface area contributed by atoms with Crippen LogP contribution in [0.1, 0.15) is 48.9 Å². The normalized spacial score (nSPS) is 14.1. The molecule has 24 heavy (non-hydrogen) atoms. The zero-order chi connectivity index (χ0) is 17.1. The zero-order valence-corrected chi connectivity index (χ0v) is 14.9. The number of aryl methyl sites for hydroxylation is 2. The van der Waals surface area contributed by atoms with Gasteiger partial charge in [0.1, 0.15) is 0 Å². The molecule has 2 aromatic rings. The molecule has 0 heterocycles. The molecule has 0 spiro atoms. The summed E-state index contributed by atoms with van der Waals surface area (Å²) in [5.74, 6) is 0. The summed E-state index contributed by atoms with van der Waals surface area (Å²) in [6, 6.07) is 15.3. The lowest BCUT2D eigenvalue weighted by molar-refractivity contribution is 0.787. The fraction of sp³-hybridized carbons (Fsp3) is 0.304. The van der Waals surface area contributed by atoms with E-state index >= 15 is 0 Å². The van der Waals surface area contributed by atoms with Crippen molar-refractivity contribution in [2.24, 2.45) is 0 Å². The third-order valence-corrected chi connectivity index (χ3v) is 5.01. The molecule has 1 aliphatic carbocycles. The summed E-state index contributed by atoms with van der Waals surface area (Å²) in [6.45, 7) is 13.1. The quantitative estimate of drug-likeness (QED) is 0.677. The van der Waals surface area contributed by atoms with Gasteiger partial charge >= 0.3 is 0 Å². The Morgan fingerprint density at radius 3 is 2.17 bits per heavy atom. The summed E-state index contributed by atoms with van der Waals surface area (Å²) < 4.78 is 0. The molecule has 1 nitrogen and oxygen atoms in total. The number of nitrogens with one attached hydrogen (secondary N) is 1. The number of fused-ring (bicyclic) bond motifs is 1. The molecule has 0 saturated heterocycles. The van der Waals surface area contributed by atoms with Crippen LogP contribution in [-0.2, 0) is 12.8 Å². The van der Waals surface area contributed by atoms with E-state index in [2.05, 4.69) is 74.8 Å². The SMILES string of the molecule is C=C1c2ccccc2C(=C)C1Nc1ccc(CCCC)c(CC)c1. The van der Waals surface area contributed by atoms with Crippen LogP contribution in [0.4, 0.5) is 5.69 Å². The summed E-state index contributed by atoms with van der Waals surface area (Å²) >= 11 is 0. The van der Waals surface area contributed by atoms with E-state index < -0.39 is 0 Å². The lowest BCUT2D eigenvalue weighted by Gasteiger charge is -2.19. The molecule has 0 fully saturated rings. The standard InChI is InChI=1S/C23H27N/c1-5-7-10-19-13-14-20(15-18(19)6-2)24-23-16(3)21-11-8-9-12-22(21)17(23)4/h8-9,11-15,23-24H,3-7,10H2,1-2H3. The van der Waals surface area contributed by atoms with Crippen LogP contribution in [0.2, 0.25) is 0 Å². The number of hydrogen-bond acceptors (Lipinski definition) is 1. The van der Waals surface area contributed by atoms with Gasteiger partial charge in [-0.3, -0.25) is 0 Å². The van der Waals surface area contributed by atoms with E-state index in [4.69, 9.17) is 0 Å².